The Morgan fingerprint density at radius 1 is 1.32 bits per heavy atom. The first kappa shape index (κ1) is 16.2. The minimum absolute atomic E-state index is 0.0404. The van der Waals surface area contributed by atoms with E-state index in [1.165, 1.54) is 13.1 Å². The third kappa shape index (κ3) is 4.97. The normalized spacial score (nSPS) is 15.4. The molecule has 0 radical (unpaired) electrons. The van der Waals surface area contributed by atoms with Crippen LogP contribution >= 0.6 is 0 Å². The third-order valence-corrected chi connectivity index (χ3v) is 4.53. The van der Waals surface area contributed by atoms with Crippen molar-refractivity contribution in [1.29, 1.82) is 0 Å². The van der Waals surface area contributed by atoms with Gasteiger partial charge in [-0.05, 0) is 38.4 Å². The molecule has 6 heteroatoms. The summed E-state index contributed by atoms with van der Waals surface area (Å²) in [6.45, 7) is 7.07. The van der Waals surface area contributed by atoms with Gasteiger partial charge in [-0.1, -0.05) is 20.3 Å². The number of hydrogen-bond donors (Lipinski definition) is 2. The smallest absolute Gasteiger partial charge is 0.273 e. The highest BCUT2D eigenvalue weighted by Gasteiger charge is 2.16. The monoisotopic (exact) mass is 288 g/mol. The Hall–Kier alpha value is -0.850. The molecular weight excluding hydrogens is 264 g/mol. The minimum Gasteiger partial charge on any atom is -0.447 e. The maximum Gasteiger partial charge on any atom is 0.273 e. The molecule has 0 aromatic carbocycles. The van der Waals surface area contributed by atoms with E-state index in [0.717, 1.165) is 12.8 Å². The van der Waals surface area contributed by atoms with Gasteiger partial charge in [0.05, 0.1) is 6.54 Å². The maximum atomic E-state index is 11.5. The van der Waals surface area contributed by atoms with Crippen LogP contribution in [0.3, 0.4) is 0 Å². The van der Waals surface area contributed by atoms with E-state index in [4.69, 9.17) is 4.42 Å². The summed E-state index contributed by atoms with van der Waals surface area (Å²) in [6, 6.07) is 3.54. The van der Waals surface area contributed by atoms with Crippen molar-refractivity contribution in [3.8, 4) is 0 Å². The first-order chi connectivity index (χ1) is 8.89. The molecule has 5 nitrogen and oxygen atoms in total. The number of nitrogens with one attached hydrogen (secondary N) is 2. The van der Waals surface area contributed by atoms with Gasteiger partial charge in [0, 0.05) is 6.04 Å². The van der Waals surface area contributed by atoms with Gasteiger partial charge in [-0.2, -0.15) is 0 Å². The fraction of sp³-hybridized carbons (Fsp3) is 0.692. The van der Waals surface area contributed by atoms with Crippen LogP contribution in [0.15, 0.2) is 21.6 Å². The molecule has 2 atom stereocenters. The van der Waals surface area contributed by atoms with Gasteiger partial charge in [-0.25, -0.2) is 13.1 Å². The second-order valence-corrected chi connectivity index (χ2v) is 6.78. The third-order valence-electron chi connectivity index (χ3n) is 3.25. The number of furan rings is 1. The summed E-state index contributed by atoms with van der Waals surface area (Å²) in [6.07, 6.45) is 2.26. The van der Waals surface area contributed by atoms with E-state index in [-0.39, 0.29) is 5.09 Å². The molecule has 19 heavy (non-hydrogen) atoms. The van der Waals surface area contributed by atoms with E-state index in [1.54, 1.807) is 6.07 Å². The Kier molecular flexibility index (Phi) is 6.03. The maximum absolute atomic E-state index is 11.5. The summed E-state index contributed by atoms with van der Waals surface area (Å²) in [5.74, 6) is 1.31. The lowest BCUT2D eigenvalue weighted by Gasteiger charge is -2.16. The van der Waals surface area contributed by atoms with E-state index in [0.29, 0.717) is 24.3 Å². The number of hydrogen-bond acceptors (Lipinski definition) is 4. The molecule has 0 saturated carbocycles. The van der Waals surface area contributed by atoms with Crippen LogP contribution in [0, 0.1) is 5.92 Å². The molecule has 0 saturated heterocycles. The largest absolute Gasteiger partial charge is 0.447 e. The van der Waals surface area contributed by atoms with Crippen LogP contribution in [0.1, 0.15) is 39.4 Å². The summed E-state index contributed by atoms with van der Waals surface area (Å²) < 4.78 is 30.6. The van der Waals surface area contributed by atoms with E-state index in [2.05, 4.69) is 30.8 Å². The highest BCUT2D eigenvalue weighted by molar-refractivity contribution is 7.89. The predicted octanol–water partition coefficient (Wildman–Crippen LogP) is 2.10. The fourth-order valence-electron chi connectivity index (χ4n) is 1.83. The molecule has 0 aliphatic rings. The molecule has 1 rings (SSSR count). The number of sulfonamides is 1. The lowest BCUT2D eigenvalue weighted by molar-refractivity contribution is 0.367. The van der Waals surface area contributed by atoms with Gasteiger partial charge in [0.25, 0.3) is 10.0 Å². The molecule has 2 unspecified atom stereocenters. The zero-order chi connectivity index (χ0) is 14.5. The minimum atomic E-state index is -3.48. The van der Waals surface area contributed by atoms with Crippen LogP contribution in [0.2, 0.25) is 0 Å². The molecule has 0 spiro atoms. The Labute approximate surface area is 115 Å². The summed E-state index contributed by atoms with van der Waals surface area (Å²) in [5.41, 5.74) is 0. The first-order valence-corrected chi connectivity index (χ1v) is 8.13. The fourth-order valence-corrected chi connectivity index (χ4v) is 2.49. The summed E-state index contributed by atoms with van der Waals surface area (Å²) in [7, 11) is -2.12. The summed E-state index contributed by atoms with van der Waals surface area (Å²) in [5, 5.41) is 3.30. The van der Waals surface area contributed by atoms with Crippen LogP contribution < -0.4 is 10.0 Å². The highest BCUT2D eigenvalue weighted by atomic mass is 32.2. The van der Waals surface area contributed by atoms with Crippen LogP contribution in [-0.4, -0.2) is 21.5 Å². The average molecular weight is 288 g/mol. The van der Waals surface area contributed by atoms with Crippen molar-refractivity contribution in [2.24, 2.45) is 5.92 Å². The van der Waals surface area contributed by atoms with Crippen molar-refractivity contribution in [3.63, 3.8) is 0 Å². The zero-order valence-corrected chi connectivity index (χ0v) is 12.9. The summed E-state index contributed by atoms with van der Waals surface area (Å²) in [4.78, 5) is 0. The van der Waals surface area contributed by atoms with Gasteiger partial charge in [-0.3, -0.25) is 0 Å². The quantitative estimate of drug-likeness (QED) is 0.768. The Balaban J connectivity index is 2.51. The Morgan fingerprint density at radius 3 is 2.58 bits per heavy atom. The van der Waals surface area contributed by atoms with Crippen LogP contribution in [0.4, 0.5) is 0 Å². The number of rotatable bonds is 8. The molecule has 0 aliphatic carbocycles. The molecule has 0 amide bonds. The van der Waals surface area contributed by atoms with Crippen LogP contribution in [-0.2, 0) is 16.6 Å². The van der Waals surface area contributed by atoms with Gasteiger partial charge in [0.15, 0.2) is 0 Å². The van der Waals surface area contributed by atoms with E-state index in [9.17, 15) is 8.42 Å². The van der Waals surface area contributed by atoms with Crippen molar-refractivity contribution in [1.82, 2.24) is 10.0 Å². The molecule has 2 N–H and O–H groups in total. The molecule has 0 fully saturated rings. The molecular formula is C13H24N2O3S. The van der Waals surface area contributed by atoms with Crippen molar-refractivity contribution >= 4 is 10.0 Å². The van der Waals surface area contributed by atoms with Crippen LogP contribution in [0.5, 0.6) is 0 Å². The van der Waals surface area contributed by atoms with E-state index < -0.39 is 10.0 Å². The van der Waals surface area contributed by atoms with Crippen LogP contribution in [0.25, 0.3) is 0 Å². The molecule has 1 aromatic rings. The van der Waals surface area contributed by atoms with Gasteiger partial charge < -0.3 is 9.73 Å². The van der Waals surface area contributed by atoms with E-state index >= 15 is 0 Å². The standard InChI is InChI=1S/C13H24N2O3S/c1-5-10(2)8-11(3)15-9-12-6-7-13(18-12)19(16,17)14-4/h6-7,10-11,14-15H,5,8-9H2,1-4H3. The predicted molar refractivity (Wildman–Crippen MR) is 75.3 cm³/mol. The first-order valence-electron chi connectivity index (χ1n) is 6.64. The lowest BCUT2D eigenvalue weighted by Crippen LogP contribution is -2.27. The topological polar surface area (TPSA) is 71.3 Å². The second kappa shape index (κ2) is 7.07. The van der Waals surface area contributed by atoms with Crippen molar-refractivity contribution in [2.45, 2.75) is 51.3 Å². The Morgan fingerprint density at radius 2 is 2.00 bits per heavy atom. The molecule has 110 valence electrons. The lowest BCUT2D eigenvalue weighted by atomic mass is 10.0. The molecule has 1 heterocycles. The summed E-state index contributed by atoms with van der Waals surface area (Å²) >= 11 is 0. The Bertz CT molecular complexity index is 482. The van der Waals surface area contributed by atoms with Gasteiger partial charge in [-0.15, -0.1) is 0 Å². The van der Waals surface area contributed by atoms with Gasteiger partial charge in [0.2, 0.25) is 5.09 Å². The van der Waals surface area contributed by atoms with E-state index in [1.807, 2.05) is 0 Å². The molecule has 0 bridgehead atoms. The second-order valence-electron chi connectivity index (χ2n) is 4.96. The van der Waals surface area contributed by atoms with Gasteiger partial charge in [0.1, 0.15) is 5.76 Å². The van der Waals surface area contributed by atoms with Crippen molar-refractivity contribution in [2.75, 3.05) is 7.05 Å². The van der Waals surface area contributed by atoms with Crippen molar-refractivity contribution in [3.05, 3.63) is 17.9 Å². The van der Waals surface area contributed by atoms with Gasteiger partial charge >= 0.3 is 0 Å². The zero-order valence-electron chi connectivity index (χ0n) is 12.1. The average Bonchev–Trinajstić information content (AvgIpc) is 2.85. The highest BCUT2D eigenvalue weighted by Crippen LogP contribution is 2.14. The van der Waals surface area contributed by atoms with Crippen molar-refractivity contribution < 1.29 is 12.8 Å². The molecule has 1 aromatic heterocycles. The molecule has 0 aliphatic heterocycles. The SMILES string of the molecule is CCC(C)CC(C)NCc1ccc(S(=O)(=O)NC)o1.